The van der Waals surface area contributed by atoms with Gasteiger partial charge in [0.1, 0.15) is 0 Å². The van der Waals surface area contributed by atoms with Crippen molar-refractivity contribution in [2.45, 2.75) is 67.2 Å². The first-order chi connectivity index (χ1) is 13.2. The Labute approximate surface area is 191 Å². The molecule has 29 heavy (non-hydrogen) atoms. The van der Waals surface area contributed by atoms with Crippen LogP contribution in [-0.4, -0.2) is 71.2 Å². The first-order valence-electron chi connectivity index (χ1n) is 9.31. The minimum Gasteiger partial charge on any atom is -0.478 e. The maximum absolute atomic E-state index is 10.4. The minimum absolute atomic E-state index is 0. The van der Waals surface area contributed by atoms with Crippen molar-refractivity contribution in [1.29, 1.82) is 0 Å². The van der Waals surface area contributed by atoms with Gasteiger partial charge in [-0.2, -0.15) is 0 Å². The van der Waals surface area contributed by atoms with Crippen molar-refractivity contribution in [2.24, 2.45) is 0 Å². The summed E-state index contributed by atoms with van der Waals surface area (Å²) in [5.74, 6) is -3.59. The van der Waals surface area contributed by atoms with E-state index in [1.165, 1.54) is 25.7 Å². The fourth-order valence-electron chi connectivity index (χ4n) is 0.659. The molecule has 0 saturated heterocycles. The van der Waals surface area contributed by atoms with Gasteiger partial charge in [-0.05, 0) is 13.8 Å². The molecule has 0 atom stereocenters. The van der Waals surface area contributed by atoms with Crippen molar-refractivity contribution in [3.63, 3.8) is 0 Å². The molecule has 4 radical (unpaired) electrons. The second kappa shape index (κ2) is 33.7. The van der Waals surface area contributed by atoms with Gasteiger partial charge in [0, 0.05) is 48.2 Å². The molecule has 2 N–H and O–H groups in total. The number of ether oxygens (including phenoxy) is 2. The van der Waals surface area contributed by atoms with Crippen molar-refractivity contribution in [2.75, 3.05) is 13.2 Å². The van der Waals surface area contributed by atoms with E-state index in [2.05, 4.69) is 37.2 Å². The molecule has 0 bridgehead atoms. The summed E-state index contributed by atoms with van der Waals surface area (Å²) in [5, 5.41) is 16.1. The van der Waals surface area contributed by atoms with Gasteiger partial charge in [0.15, 0.2) is 0 Å². The van der Waals surface area contributed by atoms with Crippen LogP contribution in [0.4, 0.5) is 0 Å². The zero-order chi connectivity index (χ0) is 22.8. The Morgan fingerprint density at radius 2 is 0.828 bits per heavy atom. The molecular weight excluding hydrogens is 487 g/mol. The molecule has 8 nitrogen and oxygen atoms in total. The first-order valence-corrected chi connectivity index (χ1v) is 9.31. The van der Waals surface area contributed by atoms with Gasteiger partial charge < -0.3 is 19.7 Å². The number of aliphatic carboxylic acids is 2. The third-order valence-corrected chi connectivity index (χ3v) is 2.30. The third kappa shape index (κ3) is 58.5. The van der Waals surface area contributed by atoms with Crippen LogP contribution in [0.15, 0.2) is 24.3 Å². The number of hydrogen-bond donors (Lipinski definition) is 2. The molecule has 0 spiro atoms. The van der Waals surface area contributed by atoms with Crippen molar-refractivity contribution in [3.8, 4) is 0 Å². The summed E-state index contributed by atoms with van der Waals surface area (Å²) >= 11 is 0. The predicted molar refractivity (Wildman–Crippen MR) is 114 cm³/mol. The van der Waals surface area contributed by atoms with Crippen LogP contribution < -0.4 is 0 Å². The predicted octanol–water partition coefficient (Wildman–Crippen LogP) is 3.61. The summed E-state index contributed by atoms with van der Waals surface area (Å²) in [6.45, 7) is 12.5. The summed E-state index contributed by atoms with van der Waals surface area (Å²) in [4.78, 5) is 40.4. The zero-order valence-corrected chi connectivity index (χ0v) is 21.3. The van der Waals surface area contributed by atoms with Crippen LogP contribution in [0.1, 0.15) is 67.2 Å². The van der Waals surface area contributed by atoms with Crippen molar-refractivity contribution in [1.82, 2.24) is 0 Å². The molecule has 0 heterocycles. The standard InChI is InChI=1S/2C6H8O4.2C4H10.Sn/c2*1-2-10-6(9)4-3-5(7)8;2*1-3-4-2;/h2*3-4H,2H2,1H3,(H,7,8);2*3-4H2,1-2H3;/b2*4-3-;;;. The summed E-state index contributed by atoms with van der Waals surface area (Å²) in [6.07, 6.45) is 8.48. The number of carbonyl (C=O) groups excluding carboxylic acids is 2. The van der Waals surface area contributed by atoms with Crippen LogP contribution in [0.5, 0.6) is 0 Å². The number of esters is 2. The van der Waals surface area contributed by atoms with Crippen LogP contribution >= 0.6 is 0 Å². The fourth-order valence-corrected chi connectivity index (χ4v) is 0.659. The SMILES string of the molecule is CCCC.CCCC.CCOC(=O)/C=C\C(=O)O.CCOC(=O)/C=C\C(=O)O.[Sn]. The van der Waals surface area contributed by atoms with Crippen LogP contribution in [-0.2, 0) is 28.7 Å². The van der Waals surface area contributed by atoms with E-state index in [1.54, 1.807) is 13.8 Å². The average molecular weight is 523 g/mol. The van der Waals surface area contributed by atoms with E-state index in [1.807, 2.05) is 0 Å². The Morgan fingerprint density at radius 3 is 0.966 bits per heavy atom. The van der Waals surface area contributed by atoms with Gasteiger partial charge >= 0.3 is 23.9 Å². The van der Waals surface area contributed by atoms with Crippen LogP contribution in [0.2, 0.25) is 0 Å². The number of carbonyl (C=O) groups is 4. The van der Waals surface area contributed by atoms with E-state index in [4.69, 9.17) is 10.2 Å². The molecule has 0 aromatic carbocycles. The zero-order valence-electron chi connectivity index (χ0n) is 18.4. The quantitative estimate of drug-likeness (QED) is 0.281. The summed E-state index contributed by atoms with van der Waals surface area (Å²) in [7, 11) is 0. The largest absolute Gasteiger partial charge is 0.478 e. The molecule has 0 amide bonds. The number of unbranched alkanes of at least 4 members (excludes halogenated alkanes) is 2. The van der Waals surface area contributed by atoms with E-state index in [0.717, 1.165) is 24.3 Å². The van der Waals surface area contributed by atoms with E-state index >= 15 is 0 Å². The molecular formula is C20H36O8Sn. The summed E-state index contributed by atoms with van der Waals surface area (Å²) < 4.78 is 8.81. The van der Waals surface area contributed by atoms with Crippen LogP contribution in [0.25, 0.3) is 0 Å². The van der Waals surface area contributed by atoms with Crippen molar-refractivity contribution >= 4 is 47.8 Å². The molecule has 0 aromatic heterocycles. The molecule has 0 unspecified atom stereocenters. The van der Waals surface area contributed by atoms with Gasteiger partial charge in [0.25, 0.3) is 0 Å². The first kappa shape index (κ1) is 37.8. The summed E-state index contributed by atoms with van der Waals surface area (Å²) in [5.41, 5.74) is 0. The minimum atomic E-state index is -1.16. The Morgan fingerprint density at radius 1 is 0.586 bits per heavy atom. The van der Waals surface area contributed by atoms with E-state index in [0.29, 0.717) is 0 Å². The normalized spacial score (nSPS) is 8.76. The fraction of sp³-hybridized carbons (Fsp3) is 0.600. The van der Waals surface area contributed by atoms with Crippen LogP contribution in [0.3, 0.4) is 0 Å². The van der Waals surface area contributed by atoms with Gasteiger partial charge in [0.2, 0.25) is 0 Å². The maximum Gasteiger partial charge on any atom is 0.330 e. The topological polar surface area (TPSA) is 127 Å². The molecule has 0 aliphatic rings. The number of carboxylic acid groups (broad SMARTS) is 2. The van der Waals surface area contributed by atoms with Gasteiger partial charge in [-0.1, -0.05) is 53.4 Å². The molecule has 168 valence electrons. The number of carboxylic acids is 2. The molecule has 0 aromatic rings. The van der Waals surface area contributed by atoms with Crippen molar-refractivity contribution < 1.29 is 38.9 Å². The monoisotopic (exact) mass is 524 g/mol. The van der Waals surface area contributed by atoms with Gasteiger partial charge in [-0.15, -0.1) is 0 Å². The molecule has 0 saturated carbocycles. The Balaban J connectivity index is -0.0000000950. The average Bonchev–Trinajstić information content (AvgIpc) is 2.66. The maximum atomic E-state index is 10.4. The van der Waals surface area contributed by atoms with Crippen LogP contribution in [0, 0.1) is 0 Å². The van der Waals surface area contributed by atoms with Crippen molar-refractivity contribution in [3.05, 3.63) is 24.3 Å². The molecule has 0 aliphatic carbocycles. The Hall–Kier alpha value is -1.84. The van der Waals surface area contributed by atoms with E-state index < -0.39 is 23.9 Å². The van der Waals surface area contributed by atoms with E-state index in [9.17, 15) is 19.2 Å². The van der Waals surface area contributed by atoms with Gasteiger partial charge in [0.05, 0.1) is 13.2 Å². The second-order valence-corrected chi connectivity index (χ2v) is 4.85. The smallest absolute Gasteiger partial charge is 0.330 e. The third-order valence-electron chi connectivity index (χ3n) is 2.30. The van der Waals surface area contributed by atoms with E-state index in [-0.39, 0.29) is 37.1 Å². The van der Waals surface area contributed by atoms with Gasteiger partial charge in [-0.3, -0.25) is 0 Å². The number of hydrogen-bond acceptors (Lipinski definition) is 6. The molecule has 9 heteroatoms. The Bertz CT molecular complexity index is 413. The molecule has 0 rings (SSSR count). The number of rotatable bonds is 8. The Kier molecular flexibility index (Phi) is 44.0. The molecule has 0 fully saturated rings. The summed E-state index contributed by atoms with van der Waals surface area (Å²) in [6, 6.07) is 0. The molecule has 0 aliphatic heterocycles. The van der Waals surface area contributed by atoms with Gasteiger partial charge in [-0.25, -0.2) is 19.2 Å². The second-order valence-electron chi connectivity index (χ2n) is 4.85.